The zero-order valence-electron chi connectivity index (χ0n) is 8.10. The molecule has 0 saturated heterocycles. The average molecular weight is 211 g/mol. The number of pyridine rings is 1. The van der Waals surface area contributed by atoms with E-state index in [1.807, 2.05) is 0 Å². The van der Waals surface area contributed by atoms with E-state index in [1.54, 1.807) is 18.2 Å². The van der Waals surface area contributed by atoms with Crippen LogP contribution in [0, 0.1) is 0 Å². The summed E-state index contributed by atoms with van der Waals surface area (Å²) in [6.07, 6.45) is 1.48. The fraction of sp³-hybridized carbons (Fsp3) is 0.0909. The van der Waals surface area contributed by atoms with Gasteiger partial charge in [0.2, 0.25) is 0 Å². The Labute approximate surface area is 104 Å². The van der Waals surface area contributed by atoms with Gasteiger partial charge in [-0.05, 0) is 24.3 Å². The van der Waals surface area contributed by atoms with Gasteiger partial charge in [0.05, 0.1) is 18.2 Å². The fourth-order valence-electron chi connectivity index (χ4n) is 1.44. The van der Waals surface area contributed by atoms with Crippen LogP contribution in [0.3, 0.4) is 0 Å². The number of aromatic nitrogens is 1. The molecule has 78 valence electrons. The number of ether oxygens (including phenoxy) is 1. The zero-order valence-corrected chi connectivity index (χ0v) is 8.10. The number of aromatic carboxylic acids is 1. The van der Waals surface area contributed by atoms with Gasteiger partial charge in [-0.2, -0.15) is 0 Å². The van der Waals surface area contributed by atoms with E-state index in [1.165, 1.54) is 19.4 Å². The molecule has 0 spiro atoms. The maximum atomic E-state index is 10.9. The van der Waals surface area contributed by atoms with E-state index >= 15 is 0 Å². The third-order valence-corrected chi connectivity index (χ3v) is 2.18. The number of carboxylic acids is 1. The van der Waals surface area contributed by atoms with Crippen LogP contribution in [0.5, 0.6) is 5.75 Å². The second-order valence-electron chi connectivity index (χ2n) is 3.05. The molecule has 2 aromatic rings. The predicted octanol–water partition coefficient (Wildman–Crippen LogP) is 1.29. The van der Waals surface area contributed by atoms with Crippen molar-refractivity contribution in [2.75, 3.05) is 7.11 Å². The third kappa shape index (κ3) is 2.18. The van der Waals surface area contributed by atoms with Gasteiger partial charge in [0.1, 0.15) is 5.75 Å². The van der Waals surface area contributed by atoms with Crippen molar-refractivity contribution in [3.8, 4) is 5.75 Å². The predicted molar refractivity (Wildman–Crippen MR) is 62.4 cm³/mol. The van der Waals surface area contributed by atoms with Gasteiger partial charge < -0.3 is 9.84 Å². The first-order chi connectivity index (χ1) is 7.22. The molecule has 16 heavy (non-hydrogen) atoms. The molecular formula is C11H10LiNO3. The van der Waals surface area contributed by atoms with Crippen LogP contribution < -0.4 is 4.74 Å². The molecule has 0 bridgehead atoms. The Morgan fingerprint density at radius 2 is 2.12 bits per heavy atom. The van der Waals surface area contributed by atoms with Crippen molar-refractivity contribution in [1.29, 1.82) is 0 Å². The number of carboxylic acid groups (broad SMARTS) is 1. The first-order valence-electron chi connectivity index (χ1n) is 4.38. The van der Waals surface area contributed by atoms with Crippen molar-refractivity contribution in [3.63, 3.8) is 0 Å². The van der Waals surface area contributed by atoms with Gasteiger partial charge in [0.15, 0.2) is 0 Å². The molecule has 0 radical (unpaired) electrons. The van der Waals surface area contributed by atoms with E-state index in [2.05, 4.69) is 4.98 Å². The standard InChI is InChI=1S/C11H9NO3.Li.H/c1-15-7-2-3-10-9(6-7)8(11(13)14)4-5-12-10;;/h2-6H,1H3,(H,13,14);;. The number of benzene rings is 1. The molecule has 0 aliphatic heterocycles. The van der Waals surface area contributed by atoms with Crippen LogP contribution in [0.4, 0.5) is 0 Å². The second-order valence-corrected chi connectivity index (χ2v) is 3.05. The maximum absolute atomic E-state index is 10.9. The van der Waals surface area contributed by atoms with Crippen LogP contribution in [-0.2, 0) is 0 Å². The summed E-state index contributed by atoms with van der Waals surface area (Å²) < 4.78 is 5.04. The quantitative estimate of drug-likeness (QED) is 0.760. The van der Waals surface area contributed by atoms with Gasteiger partial charge >= 0.3 is 24.8 Å². The van der Waals surface area contributed by atoms with E-state index < -0.39 is 5.97 Å². The minimum absolute atomic E-state index is 0. The molecule has 0 aliphatic carbocycles. The Morgan fingerprint density at radius 1 is 1.38 bits per heavy atom. The van der Waals surface area contributed by atoms with Crippen molar-refractivity contribution in [2.24, 2.45) is 0 Å². The minimum atomic E-state index is -0.962. The van der Waals surface area contributed by atoms with Gasteiger partial charge in [-0.3, -0.25) is 4.98 Å². The molecular weight excluding hydrogens is 201 g/mol. The monoisotopic (exact) mass is 211 g/mol. The SMILES string of the molecule is COc1ccc2nccc(C(=O)O)c2c1.[LiH]. The van der Waals surface area contributed by atoms with Gasteiger partial charge in [0, 0.05) is 11.6 Å². The summed E-state index contributed by atoms with van der Waals surface area (Å²) in [4.78, 5) is 15.0. The van der Waals surface area contributed by atoms with Crippen LogP contribution in [0.15, 0.2) is 30.5 Å². The van der Waals surface area contributed by atoms with Crippen LogP contribution in [-0.4, -0.2) is 42.0 Å². The van der Waals surface area contributed by atoms with Crippen molar-refractivity contribution in [2.45, 2.75) is 0 Å². The summed E-state index contributed by atoms with van der Waals surface area (Å²) in [6, 6.07) is 6.64. The first kappa shape index (κ1) is 12.6. The van der Waals surface area contributed by atoms with Gasteiger partial charge in [-0.25, -0.2) is 4.79 Å². The Kier molecular flexibility index (Phi) is 3.94. The summed E-state index contributed by atoms with van der Waals surface area (Å²) in [5.74, 6) is -0.339. The van der Waals surface area contributed by atoms with E-state index in [9.17, 15) is 4.79 Å². The van der Waals surface area contributed by atoms with Crippen LogP contribution in [0.1, 0.15) is 10.4 Å². The molecule has 0 amide bonds. The van der Waals surface area contributed by atoms with Crippen molar-refractivity contribution in [3.05, 3.63) is 36.0 Å². The summed E-state index contributed by atoms with van der Waals surface area (Å²) >= 11 is 0. The number of hydrogen-bond acceptors (Lipinski definition) is 3. The number of nitrogens with zero attached hydrogens (tertiary/aromatic N) is 1. The molecule has 0 saturated carbocycles. The van der Waals surface area contributed by atoms with Crippen LogP contribution >= 0.6 is 0 Å². The molecule has 1 aromatic carbocycles. The molecule has 1 heterocycles. The molecule has 1 aromatic heterocycles. The molecule has 0 fully saturated rings. The summed E-state index contributed by atoms with van der Waals surface area (Å²) in [5, 5.41) is 9.57. The Morgan fingerprint density at radius 3 is 2.75 bits per heavy atom. The first-order valence-corrected chi connectivity index (χ1v) is 4.38. The van der Waals surface area contributed by atoms with E-state index in [0.717, 1.165) is 0 Å². The molecule has 5 heteroatoms. The molecule has 0 aliphatic rings. The fourth-order valence-corrected chi connectivity index (χ4v) is 1.44. The summed E-state index contributed by atoms with van der Waals surface area (Å²) in [6.45, 7) is 0. The third-order valence-electron chi connectivity index (χ3n) is 2.18. The molecule has 4 nitrogen and oxygen atoms in total. The van der Waals surface area contributed by atoms with E-state index in [4.69, 9.17) is 9.84 Å². The number of carbonyl (C=O) groups is 1. The molecule has 0 unspecified atom stereocenters. The van der Waals surface area contributed by atoms with Gasteiger partial charge in [0.25, 0.3) is 0 Å². The van der Waals surface area contributed by atoms with Crippen LogP contribution in [0.2, 0.25) is 0 Å². The number of fused-ring (bicyclic) bond motifs is 1. The van der Waals surface area contributed by atoms with E-state index in [-0.39, 0.29) is 24.4 Å². The van der Waals surface area contributed by atoms with Crippen LogP contribution in [0.25, 0.3) is 10.9 Å². The van der Waals surface area contributed by atoms with Crippen molar-refractivity contribution >= 4 is 35.7 Å². The Bertz CT molecular complexity index is 528. The topological polar surface area (TPSA) is 59.4 Å². The van der Waals surface area contributed by atoms with Crippen molar-refractivity contribution < 1.29 is 14.6 Å². The Balaban J connectivity index is 0.00000128. The second kappa shape index (κ2) is 5.02. The van der Waals surface area contributed by atoms with Gasteiger partial charge in [-0.15, -0.1) is 0 Å². The number of hydrogen-bond donors (Lipinski definition) is 1. The Hall–Kier alpha value is -1.50. The molecule has 0 atom stereocenters. The van der Waals surface area contributed by atoms with Crippen molar-refractivity contribution in [1.82, 2.24) is 4.98 Å². The number of methoxy groups -OCH3 is 1. The van der Waals surface area contributed by atoms with E-state index in [0.29, 0.717) is 16.7 Å². The average Bonchev–Trinajstić information content (AvgIpc) is 2.27. The zero-order chi connectivity index (χ0) is 10.8. The molecule has 1 N–H and O–H groups in total. The molecule has 2 rings (SSSR count). The normalized spacial score (nSPS) is 9.56. The number of rotatable bonds is 2. The summed E-state index contributed by atoms with van der Waals surface area (Å²) in [7, 11) is 1.54. The van der Waals surface area contributed by atoms with Gasteiger partial charge in [-0.1, -0.05) is 0 Å². The summed E-state index contributed by atoms with van der Waals surface area (Å²) in [5.41, 5.74) is 0.884.